The van der Waals surface area contributed by atoms with Gasteiger partial charge in [-0.15, -0.1) is 0 Å². The Morgan fingerprint density at radius 3 is 1.70 bits per heavy atom. The number of esters is 4. The second-order valence-corrected chi connectivity index (χ2v) is 9.06. The van der Waals surface area contributed by atoms with E-state index in [1.807, 2.05) is 0 Å². The van der Waals surface area contributed by atoms with Gasteiger partial charge in [0.25, 0.3) is 11.8 Å². The van der Waals surface area contributed by atoms with Gasteiger partial charge in [-0.1, -0.05) is 6.07 Å². The maximum absolute atomic E-state index is 12.0. The van der Waals surface area contributed by atoms with Crippen LogP contribution in [0.4, 0.5) is 0 Å². The molecule has 0 saturated heterocycles. The molecule has 0 atom stereocenters. The lowest BCUT2D eigenvalue weighted by Crippen LogP contribution is -2.30. The molecule has 4 rings (SSSR count). The van der Waals surface area contributed by atoms with Crippen molar-refractivity contribution in [2.45, 2.75) is 27.3 Å². The van der Waals surface area contributed by atoms with Crippen molar-refractivity contribution >= 4 is 67.6 Å². The third-order valence-corrected chi connectivity index (χ3v) is 6.82. The number of carbonyl (C=O) groups excluding carboxylic acids is 6. The lowest BCUT2D eigenvalue weighted by Gasteiger charge is -2.16. The molecule has 3 aliphatic heterocycles. The fourth-order valence-electron chi connectivity index (χ4n) is 2.86. The zero-order chi connectivity index (χ0) is 28.0. The Balaban J connectivity index is 0.000000232. The summed E-state index contributed by atoms with van der Waals surface area (Å²) in [6, 6.07) is 5.29. The molecule has 2 amide bonds. The van der Waals surface area contributed by atoms with Crippen molar-refractivity contribution in [3.05, 3.63) is 55.5 Å². The van der Waals surface area contributed by atoms with Crippen LogP contribution >= 0.6 is 31.9 Å². The van der Waals surface area contributed by atoms with Crippen LogP contribution in [-0.4, -0.2) is 54.8 Å². The van der Waals surface area contributed by atoms with Crippen LogP contribution in [0.3, 0.4) is 0 Å². The molecule has 3 heterocycles. The fourth-order valence-corrected chi connectivity index (χ4v) is 3.48. The molecule has 0 unspecified atom stereocenters. The van der Waals surface area contributed by atoms with E-state index < -0.39 is 23.9 Å². The Kier molecular flexibility index (Phi) is 10.1. The van der Waals surface area contributed by atoms with E-state index in [1.165, 1.54) is 31.9 Å². The van der Waals surface area contributed by atoms with Crippen LogP contribution in [0.25, 0.3) is 0 Å². The minimum atomic E-state index is -0.600. The summed E-state index contributed by atoms with van der Waals surface area (Å²) in [5.41, 5.74) is 1.92. The molecule has 0 N–H and O–H groups in total. The Hall–Kier alpha value is -3.58. The normalized spacial score (nSPS) is 16.7. The molecular weight excluding hydrogens is 622 g/mol. The van der Waals surface area contributed by atoms with Crippen LogP contribution in [0.15, 0.2) is 50.0 Å². The maximum Gasteiger partial charge on any atom is 0.353 e. The van der Waals surface area contributed by atoms with E-state index in [9.17, 15) is 28.8 Å². The van der Waals surface area contributed by atoms with Gasteiger partial charge in [0.2, 0.25) is 0 Å². The average molecular weight is 643 g/mol. The highest BCUT2D eigenvalue weighted by atomic mass is 79.9. The van der Waals surface area contributed by atoms with E-state index >= 15 is 0 Å². The van der Waals surface area contributed by atoms with E-state index in [0.29, 0.717) is 32.7 Å². The minimum Gasteiger partial charge on any atom is -0.493 e. The Morgan fingerprint density at radius 2 is 1.38 bits per heavy atom. The second kappa shape index (κ2) is 12.6. The molecule has 0 radical (unpaired) electrons. The van der Waals surface area contributed by atoms with Crippen molar-refractivity contribution in [3.63, 3.8) is 0 Å². The number of amides is 2. The standard InChI is InChI=1S/C14H14BrNO4.C5H3BrO3.C5H4O3/c1-8-12(15)14(18)16(13(8)17)7-9-4-5-10(19-2)11(6-9)20-3;1-2-3(6)5(8)9-4(2)7;1-3-2-4(6)8-5(3)7/h4-6H,7H2,1-3H3;1H3;2H,1H3. The highest BCUT2D eigenvalue weighted by molar-refractivity contribution is 9.12. The average Bonchev–Trinajstić information content (AvgIpc) is 3.36. The van der Waals surface area contributed by atoms with Crippen LogP contribution in [0, 0.1) is 0 Å². The first-order valence-corrected chi connectivity index (χ1v) is 11.9. The van der Waals surface area contributed by atoms with E-state index in [4.69, 9.17) is 9.47 Å². The molecule has 37 heavy (non-hydrogen) atoms. The van der Waals surface area contributed by atoms with Crippen LogP contribution in [-0.2, 0) is 44.8 Å². The van der Waals surface area contributed by atoms with Crippen LogP contribution < -0.4 is 9.47 Å². The molecular formula is C24H21Br2NO10. The number of nitrogens with zero attached hydrogens (tertiary/aromatic N) is 1. The molecule has 196 valence electrons. The number of hydrogen-bond acceptors (Lipinski definition) is 10. The van der Waals surface area contributed by atoms with Gasteiger partial charge in [0.1, 0.15) is 4.48 Å². The summed E-state index contributed by atoms with van der Waals surface area (Å²) < 4.78 is 19.2. The number of carbonyl (C=O) groups is 6. The summed E-state index contributed by atoms with van der Waals surface area (Å²) in [7, 11) is 3.09. The van der Waals surface area contributed by atoms with Crippen LogP contribution in [0.5, 0.6) is 11.5 Å². The first-order chi connectivity index (χ1) is 17.3. The monoisotopic (exact) mass is 641 g/mol. The first kappa shape index (κ1) is 29.6. The Bertz CT molecular complexity index is 1250. The quantitative estimate of drug-likeness (QED) is 0.273. The summed E-state index contributed by atoms with van der Waals surface area (Å²) in [6.45, 7) is 4.88. The zero-order valence-electron chi connectivity index (χ0n) is 20.3. The lowest BCUT2D eigenvalue weighted by atomic mass is 10.2. The van der Waals surface area contributed by atoms with Gasteiger partial charge in [-0.3, -0.25) is 14.5 Å². The van der Waals surface area contributed by atoms with Crippen molar-refractivity contribution in [3.8, 4) is 11.5 Å². The van der Waals surface area contributed by atoms with Gasteiger partial charge in [0, 0.05) is 17.2 Å². The van der Waals surface area contributed by atoms with Crippen molar-refractivity contribution in [1.29, 1.82) is 0 Å². The lowest BCUT2D eigenvalue weighted by molar-refractivity contribution is -0.152. The summed E-state index contributed by atoms with van der Waals surface area (Å²) in [5.74, 6) is -1.69. The molecule has 0 saturated carbocycles. The van der Waals surface area contributed by atoms with E-state index in [1.54, 1.807) is 32.2 Å². The molecule has 0 spiro atoms. The van der Waals surface area contributed by atoms with Gasteiger partial charge < -0.3 is 18.9 Å². The van der Waals surface area contributed by atoms with Gasteiger partial charge in [0.15, 0.2) is 11.5 Å². The minimum absolute atomic E-state index is 0.199. The summed E-state index contributed by atoms with van der Waals surface area (Å²) in [6.07, 6.45) is 1.17. The van der Waals surface area contributed by atoms with E-state index in [0.717, 1.165) is 5.56 Å². The fraction of sp³-hybridized carbons (Fsp3) is 0.250. The number of halogens is 2. The molecule has 0 aromatic heterocycles. The number of cyclic esters (lactones) is 4. The number of rotatable bonds is 4. The Morgan fingerprint density at radius 1 is 0.757 bits per heavy atom. The molecule has 0 fully saturated rings. The number of ether oxygens (including phenoxy) is 4. The van der Waals surface area contributed by atoms with Crippen molar-refractivity contribution in [2.75, 3.05) is 14.2 Å². The SMILES string of the molecule is CC1=C(Br)C(=O)OC1=O.CC1=CC(=O)OC1=O.COc1ccc(CN2C(=O)C(C)=C(Br)C2=O)cc1OC. The highest BCUT2D eigenvalue weighted by Crippen LogP contribution is 2.30. The smallest absolute Gasteiger partial charge is 0.353 e. The molecule has 0 aliphatic carbocycles. The molecule has 1 aromatic carbocycles. The summed E-state index contributed by atoms with van der Waals surface area (Å²) >= 11 is 6.03. The van der Waals surface area contributed by atoms with E-state index in [2.05, 4.69) is 41.3 Å². The molecule has 3 aliphatic rings. The second-order valence-electron chi connectivity index (χ2n) is 7.48. The first-order valence-electron chi connectivity index (χ1n) is 10.3. The Labute approximate surface area is 228 Å². The van der Waals surface area contributed by atoms with Crippen molar-refractivity contribution in [1.82, 2.24) is 4.90 Å². The summed E-state index contributed by atoms with van der Waals surface area (Å²) in [5, 5.41) is 0. The number of benzene rings is 1. The largest absolute Gasteiger partial charge is 0.493 e. The van der Waals surface area contributed by atoms with Gasteiger partial charge in [0.05, 0.1) is 30.8 Å². The van der Waals surface area contributed by atoms with Gasteiger partial charge in [-0.2, -0.15) is 0 Å². The molecule has 0 bridgehead atoms. The van der Waals surface area contributed by atoms with E-state index in [-0.39, 0.29) is 22.8 Å². The highest BCUT2D eigenvalue weighted by Gasteiger charge is 2.34. The van der Waals surface area contributed by atoms with Gasteiger partial charge in [-0.25, -0.2) is 19.2 Å². The number of hydrogen-bond donors (Lipinski definition) is 0. The number of imide groups is 1. The molecule has 13 heteroatoms. The van der Waals surface area contributed by atoms with Gasteiger partial charge >= 0.3 is 23.9 Å². The zero-order valence-corrected chi connectivity index (χ0v) is 23.5. The van der Waals surface area contributed by atoms with Crippen molar-refractivity contribution in [2.24, 2.45) is 0 Å². The molecule has 11 nitrogen and oxygen atoms in total. The topological polar surface area (TPSA) is 143 Å². The van der Waals surface area contributed by atoms with Crippen LogP contribution in [0.2, 0.25) is 0 Å². The molecule has 1 aromatic rings. The summed E-state index contributed by atoms with van der Waals surface area (Å²) in [4.78, 5) is 66.4. The van der Waals surface area contributed by atoms with Crippen LogP contribution in [0.1, 0.15) is 26.3 Å². The van der Waals surface area contributed by atoms with Gasteiger partial charge in [-0.05, 0) is 70.3 Å². The van der Waals surface area contributed by atoms with Crippen molar-refractivity contribution < 1.29 is 47.7 Å². The third kappa shape index (κ3) is 7.01. The maximum atomic E-state index is 12.0. The number of methoxy groups -OCH3 is 2. The third-order valence-electron chi connectivity index (χ3n) is 4.97. The predicted molar refractivity (Wildman–Crippen MR) is 134 cm³/mol. The predicted octanol–water partition coefficient (Wildman–Crippen LogP) is 3.00.